The molecule has 0 saturated carbocycles. The summed E-state index contributed by atoms with van der Waals surface area (Å²) in [6.07, 6.45) is -5.87. The first-order valence-electron chi connectivity index (χ1n) is 5.15. The Bertz CT molecular complexity index is 361. The molecule has 0 radical (unpaired) electrons. The maximum atomic E-state index is 12.6. The Kier molecular flexibility index (Phi) is 3.51. The number of esters is 1. The van der Waals surface area contributed by atoms with Crippen molar-refractivity contribution in [1.29, 1.82) is 0 Å². The van der Waals surface area contributed by atoms with Crippen LogP contribution in [-0.4, -0.2) is 47.9 Å². The number of hydrogen-bond acceptors (Lipinski definition) is 4. The minimum absolute atomic E-state index is 0.330. The molecule has 0 aromatic rings. The summed E-state index contributed by atoms with van der Waals surface area (Å²) in [5.41, 5.74) is -0.934. The molecule has 1 fully saturated rings. The van der Waals surface area contributed by atoms with Crippen LogP contribution in [0.1, 0.15) is 20.8 Å². The topological polar surface area (TPSA) is 55.6 Å². The molecule has 2 atom stereocenters. The van der Waals surface area contributed by atoms with Crippen LogP contribution in [-0.2, 0) is 14.3 Å². The SMILES string of the molecule is COC(=O)C1C(C(F)(F)F)N1C(=O)OC(C)(C)C. The lowest BCUT2D eigenvalue weighted by molar-refractivity contribution is -0.147. The van der Waals surface area contributed by atoms with E-state index in [2.05, 4.69) is 4.74 Å². The van der Waals surface area contributed by atoms with Crippen molar-refractivity contribution >= 4 is 12.1 Å². The molecule has 1 heterocycles. The molecule has 0 aromatic carbocycles. The van der Waals surface area contributed by atoms with Crippen LogP contribution in [0.15, 0.2) is 0 Å². The van der Waals surface area contributed by atoms with Crippen LogP contribution < -0.4 is 0 Å². The van der Waals surface area contributed by atoms with Crippen molar-refractivity contribution in [1.82, 2.24) is 4.90 Å². The van der Waals surface area contributed by atoms with Crippen molar-refractivity contribution in [2.45, 2.75) is 44.6 Å². The van der Waals surface area contributed by atoms with E-state index in [0.29, 0.717) is 4.90 Å². The molecule has 18 heavy (non-hydrogen) atoms. The molecule has 1 aliphatic rings. The summed E-state index contributed by atoms with van der Waals surface area (Å²) in [5, 5.41) is 0. The monoisotopic (exact) mass is 269 g/mol. The fourth-order valence-electron chi connectivity index (χ4n) is 1.47. The number of methoxy groups -OCH3 is 1. The first-order chi connectivity index (χ1) is 7.99. The van der Waals surface area contributed by atoms with Crippen LogP contribution in [0, 0.1) is 0 Å². The predicted molar refractivity (Wildman–Crippen MR) is 53.7 cm³/mol. The van der Waals surface area contributed by atoms with Gasteiger partial charge in [0.15, 0.2) is 12.1 Å². The number of carbonyl (C=O) groups excluding carboxylic acids is 2. The molecule has 0 N–H and O–H groups in total. The van der Waals surface area contributed by atoms with Crippen molar-refractivity contribution in [2.24, 2.45) is 0 Å². The van der Waals surface area contributed by atoms with E-state index in [0.717, 1.165) is 7.11 Å². The third-order valence-electron chi connectivity index (χ3n) is 2.19. The highest BCUT2D eigenvalue weighted by Gasteiger charge is 2.70. The fraction of sp³-hybridized carbons (Fsp3) is 0.800. The summed E-state index contributed by atoms with van der Waals surface area (Å²) in [5.74, 6) is -1.11. The van der Waals surface area contributed by atoms with Crippen molar-refractivity contribution in [2.75, 3.05) is 7.11 Å². The molecule has 2 unspecified atom stereocenters. The second-order valence-corrected chi connectivity index (χ2v) is 4.84. The zero-order valence-corrected chi connectivity index (χ0v) is 10.4. The summed E-state index contributed by atoms with van der Waals surface area (Å²) in [6.45, 7) is 4.55. The molecule has 1 amide bonds. The third-order valence-corrected chi connectivity index (χ3v) is 2.19. The highest BCUT2D eigenvalue weighted by Crippen LogP contribution is 2.42. The lowest BCUT2D eigenvalue weighted by Crippen LogP contribution is -2.31. The van der Waals surface area contributed by atoms with Gasteiger partial charge in [-0.05, 0) is 20.8 Å². The predicted octanol–water partition coefficient (Wildman–Crippen LogP) is 1.71. The fourth-order valence-corrected chi connectivity index (χ4v) is 1.47. The Morgan fingerprint density at radius 1 is 1.17 bits per heavy atom. The van der Waals surface area contributed by atoms with Crippen molar-refractivity contribution in [3.63, 3.8) is 0 Å². The van der Waals surface area contributed by atoms with E-state index >= 15 is 0 Å². The quantitative estimate of drug-likeness (QED) is 0.537. The Balaban J connectivity index is 2.82. The molecule has 0 spiro atoms. The van der Waals surface area contributed by atoms with Gasteiger partial charge >= 0.3 is 18.2 Å². The summed E-state index contributed by atoms with van der Waals surface area (Å²) in [7, 11) is 0.960. The molecule has 8 heteroatoms. The minimum atomic E-state index is -4.68. The van der Waals surface area contributed by atoms with Crippen LogP contribution in [0.5, 0.6) is 0 Å². The van der Waals surface area contributed by atoms with Crippen LogP contribution in [0.4, 0.5) is 18.0 Å². The molecule has 1 saturated heterocycles. The first kappa shape index (κ1) is 14.6. The first-order valence-corrected chi connectivity index (χ1v) is 5.15. The van der Waals surface area contributed by atoms with Gasteiger partial charge in [-0.2, -0.15) is 13.2 Å². The average Bonchev–Trinajstić information content (AvgIpc) is 2.87. The molecule has 1 rings (SSSR count). The van der Waals surface area contributed by atoms with Gasteiger partial charge in [0.25, 0.3) is 0 Å². The second-order valence-electron chi connectivity index (χ2n) is 4.84. The van der Waals surface area contributed by atoms with Crippen molar-refractivity contribution in [3.05, 3.63) is 0 Å². The summed E-state index contributed by atoms with van der Waals surface area (Å²) in [6, 6.07) is -3.82. The van der Waals surface area contributed by atoms with Gasteiger partial charge in [0.05, 0.1) is 7.11 Å². The number of halogens is 3. The van der Waals surface area contributed by atoms with E-state index in [1.165, 1.54) is 20.8 Å². The molecule has 5 nitrogen and oxygen atoms in total. The number of ether oxygens (including phenoxy) is 2. The average molecular weight is 269 g/mol. The lowest BCUT2D eigenvalue weighted by Gasteiger charge is -2.20. The number of alkyl halides is 3. The Hall–Kier alpha value is -1.47. The van der Waals surface area contributed by atoms with Crippen LogP contribution in [0.3, 0.4) is 0 Å². The minimum Gasteiger partial charge on any atom is -0.467 e. The van der Waals surface area contributed by atoms with Gasteiger partial charge in [-0.3, -0.25) is 4.90 Å². The Morgan fingerprint density at radius 2 is 1.67 bits per heavy atom. The van der Waals surface area contributed by atoms with E-state index in [-0.39, 0.29) is 0 Å². The van der Waals surface area contributed by atoms with E-state index in [1.54, 1.807) is 0 Å². The van der Waals surface area contributed by atoms with Crippen LogP contribution >= 0.6 is 0 Å². The van der Waals surface area contributed by atoms with Gasteiger partial charge in [0.1, 0.15) is 5.60 Å². The summed E-state index contributed by atoms with van der Waals surface area (Å²) >= 11 is 0. The van der Waals surface area contributed by atoms with E-state index in [1.807, 2.05) is 0 Å². The third kappa shape index (κ3) is 3.05. The van der Waals surface area contributed by atoms with Gasteiger partial charge in [0.2, 0.25) is 0 Å². The smallest absolute Gasteiger partial charge is 0.411 e. The highest BCUT2D eigenvalue weighted by atomic mass is 19.4. The Morgan fingerprint density at radius 3 is 2.00 bits per heavy atom. The molecular formula is C10H14F3NO4. The molecule has 0 aliphatic carbocycles. The molecule has 104 valence electrons. The number of amides is 1. The normalized spacial score (nSPS) is 23.6. The molecule has 1 aliphatic heterocycles. The van der Waals surface area contributed by atoms with Gasteiger partial charge in [-0.15, -0.1) is 0 Å². The lowest BCUT2D eigenvalue weighted by atomic mass is 10.2. The number of rotatable bonds is 1. The number of hydrogen-bond donors (Lipinski definition) is 0. The summed E-state index contributed by atoms with van der Waals surface area (Å²) < 4.78 is 46.7. The van der Waals surface area contributed by atoms with Crippen molar-refractivity contribution < 1.29 is 32.2 Å². The largest absolute Gasteiger partial charge is 0.467 e. The van der Waals surface area contributed by atoms with Gasteiger partial charge < -0.3 is 9.47 Å². The molecule has 0 aromatic heterocycles. The molecular weight excluding hydrogens is 255 g/mol. The molecule has 0 bridgehead atoms. The van der Waals surface area contributed by atoms with Gasteiger partial charge in [0, 0.05) is 0 Å². The maximum absolute atomic E-state index is 12.6. The van der Waals surface area contributed by atoms with Crippen LogP contribution in [0.25, 0.3) is 0 Å². The van der Waals surface area contributed by atoms with Crippen molar-refractivity contribution in [3.8, 4) is 0 Å². The van der Waals surface area contributed by atoms with Gasteiger partial charge in [-0.25, -0.2) is 9.59 Å². The number of carbonyl (C=O) groups is 2. The standard InChI is InChI=1S/C10H14F3NO4/c1-9(2,3)18-8(16)14-5(7(15)17-4)6(14)10(11,12)13/h5-6H,1-4H3. The van der Waals surface area contributed by atoms with E-state index in [4.69, 9.17) is 4.74 Å². The number of nitrogens with zero attached hydrogens (tertiary/aromatic N) is 1. The zero-order valence-electron chi connectivity index (χ0n) is 10.4. The van der Waals surface area contributed by atoms with E-state index < -0.39 is 35.9 Å². The van der Waals surface area contributed by atoms with Crippen LogP contribution in [0.2, 0.25) is 0 Å². The maximum Gasteiger partial charge on any atom is 0.411 e. The highest BCUT2D eigenvalue weighted by molar-refractivity contribution is 5.88. The van der Waals surface area contributed by atoms with Gasteiger partial charge in [-0.1, -0.05) is 0 Å². The second kappa shape index (κ2) is 4.33. The van der Waals surface area contributed by atoms with E-state index in [9.17, 15) is 22.8 Å². The summed E-state index contributed by atoms with van der Waals surface area (Å²) in [4.78, 5) is 23.0. The Labute approximate surface area is 102 Å². The zero-order chi connectivity index (χ0) is 14.3.